The van der Waals surface area contributed by atoms with E-state index in [0.717, 1.165) is 10.2 Å². The van der Waals surface area contributed by atoms with Gasteiger partial charge in [-0.1, -0.05) is 15.9 Å². The summed E-state index contributed by atoms with van der Waals surface area (Å²) in [5.74, 6) is 0. The molecule has 0 aliphatic carbocycles. The van der Waals surface area contributed by atoms with E-state index < -0.39 is 0 Å². The van der Waals surface area contributed by atoms with Gasteiger partial charge in [0.1, 0.15) is 0 Å². The molecule has 0 saturated heterocycles. The molecule has 1 nitrogen and oxygen atoms in total. The van der Waals surface area contributed by atoms with Crippen molar-refractivity contribution in [2.75, 3.05) is 0 Å². The Labute approximate surface area is 84.9 Å². The fraction of sp³-hybridized carbons (Fsp3) is 0. The topological polar surface area (TPSA) is 12.4 Å². The summed E-state index contributed by atoms with van der Waals surface area (Å²) in [7, 11) is 0. The molecule has 0 fully saturated rings. The minimum Gasteiger partial charge on any atom is -0.788 e. The average molecular weight is 246 g/mol. The summed E-state index contributed by atoms with van der Waals surface area (Å²) in [6.45, 7) is 0. The Morgan fingerprint density at radius 2 is 1.73 bits per heavy atom. The molecular weight excluding hydrogens is 242 g/mol. The summed E-state index contributed by atoms with van der Waals surface area (Å²) < 4.78 is 1.26. The fourth-order valence-corrected chi connectivity index (χ4v) is 1.10. The van der Waals surface area contributed by atoms with Gasteiger partial charge >= 0.3 is 0 Å². The summed E-state index contributed by atoms with van der Waals surface area (Å²) in [6, 6.07) is 7.49. The Bertz CT molecular complexity index is 264. The molecule has 1 aromatic rings. The first kappa shape index (κ1) is 8.90. The Morgan fingerprint density at radius 3 is 2.18 bits per heavy atom. The number of halogens is 1. The molecule has 0 aliphatic heterocycles. The molecule has 4 heteroatoms. The van der Waals surface area contributed by atoms with Crippen LogP contribution in [0.4, 0.5) is 5.69 Å². The molecule has 0 amide bonds. The molecule has 0 atom stereocenters. The largest absolute Gasteiger partial charge is 0.788 e. The molecule has 0 heterocycles. The monoisotopic (exact) mass is 245 g/mol. The highest BCUT2D eigenvalue weighted by Crippen LogP contribution is 2.16. The summed E-state index contributed by atoms with van der Waals surface area (Å²) in [4.78, 5) is 3.93. The van der Waals surface area contributed by atoms with Gasteiger partial charge in [-0.15, -0.1) is 0 Å². The van der Waals surface area contributed by atoms with E-state index in [0.29, 0.717) is 0 Å². The van der Waals surface area contributed by atoms with Crippen LogP contribution in [-0.2, 0) is 25.3 Å². The molecule has 0 N–H and O–H groups in total. The molecule has 0 saturated carbocycles. The van der Waals surface area contributed by atoms with Gasteiger partial charge in [0.2, 0.25) is 0 Å². The quantitative estimate of drug-likeness (QED) is 0.429. The standard InChI is InChI=1S/C7H6BrNS2/c8-5-1-3-6(4-2-5)9-7(10)11/h1-4H,(H2,9,10,11)/p-2. The van der Waals surface area contributed by atoms with Gasteiger partial charge in [-0.3, -0.25) is 0 Å². The van der Waals surface area contributed by atoms with E-state index in [1.54, 1.807) is 0 Å². The molecule has 0 aliphatic rings. The predicted molar refractivity (Wildman–Crippen MR) is 56.0 cm³/mol. The van der Waals surface area contributed by atoms with Crippen molar-refractivity contribution < 1.29 is 0 Å². The molecule has 0 spiro atoms. The van der Waals surface area contributed by atoms with Crippen molar-refractivity contribution in [3.05, 3.63) is 28.7 Å². The second-order valence-corrected chi connectivity index (χ2v) is 3.80. The van der Waals surface area contributed by atoms with Crippen LogP contribution in [0.1, 0.15) is 0 Å². The maximum absolute atomic E-state index is 4.65. The van der Waals surface area contributed by atoms with Crippen molar-refractivity contribution in [3.63, 3.8) is 0 Å². The van der Waals surface area contributed by atoms with E-state index in [9.17, 15) is 0 Å². The van der Waals surface area contributed by atoms with Gasteiger partial charge in [-0.25, -0.2) is 4.38 Å². The van der Waals surface area contributed by atoms with E-state index >= 15 is 0 Å². The van der Waals surface area contributed by atoms with Gasteiger partial charge in [0.25, 0.3) is 0 Å². The molecule has 0 unspecified atom stereocenters. The molecule has 1 rings (SSSR count). The third kappa shape index (κ3) is 3.14. The van der Waals surface area contributed by atoms with E-state index in [4.69, 9.17) is 0 Å². The molecule has 0 aromatic heterocycles. The first-order valence-electron chi connectivity index (χ1n) is 2.87. The minimum absolute atomic E-state index is 0.243. The van der Waals surface area contributed by atoms with E-state index in [1.807, 2.05) is 24.3 Å². The highest BCUT2D eigenvalue weighted by Gasteiger charge is 1.85. The second kappa shape index (κ2) is 3.99. The highest BCUT2D eigenvalue weighted by molar-refractivity contribution is 9.10. The lowest BCUT2D eigenvalue weighted by atomic mass is 10.3. The first-order valence-corrected chi connectivity index (χ1v) is 4.48. The van der Waals surface area contributed by atoms with Crippen LogP contribution in [0.3, 0.4) is 0 Å². The molecule has 1 aromatic carbocycles. The van der Waals surface area contributed by atoms with Crippen molar-refractivity contribution >= 4 is 51.3 Å². The SMILES string of the molecule is [S-]C([S-])=Nc1ccc(Br)cc1. The van der Waals surface area contributed by atoms with Gasteiger partial charge < -0.3 is 30.2 Å². The maximum Gasteiger partial charge on any atom is 0.0587 e. The van der Waals surface area contributed by atoms with Gasteiger partial charge in [0, 0.05) is 4.47 Å². The van der Waals surface area contributed by atoms with Crippen LogP contribution >= 0.6 is 15.9 Å². The van der Waals surface area contributed by atoms with Gasteiger partial charge in [0.15, 0.2) is 0 Å². The van der Waals surface area contributed by atoms with Crippen LogP contribution in [0.2, 0.25) is 0 Å². The predicted octanol–water partition coefficient (Wildman–Crippen LogP) is 2.53. The van der Waals surface area contributed by atoms with Crippen molar-refractivity contribution in [1.29, 1.82) is 0 Å². The lowest BCUT2D eigenvalue weighted by Gasteiger charge is -2.15. The summed E-state index contributed by atoms with van der Waals surface area (Å²) in [6.07, 6.45) is 0. The summed E-state index contributed by atoms with van der Waals surface area (Å²) in [5, 5.41) is 0. The average Bonchev–Trinajstić information content (AvgIpc) is 1.93. The van der Waals surface area contributed by atoms with E-state index in [1.165, 1.54) is 0 Å². The smallest absolute Gasteiger partial charge is 0.0587 e. The number of hydrogen-bond acceptors (Lipinski definition) is 3. The number of hydrogen-bond donors (Lipinski definition) is 0. The molecular formula is C7H4BrNS2-2. The van der Waals surface area contributed by atoms with Crippen LogP contribution in [0.5, 0.6) is 0 Å². The zero-order valence-electron chi connectivity index (χ0n) is 5.45. The first-order chi connectivity index (χ1) is 5.18. The third-order valence-electron chi connectivity index (χ3n) is 1.05. The Hall–Kier alpha value is -0.190. The Kier molecular flexibility index (Phi) is 3.23. The molecule has 11 heavy (non-hydrogen) atoms. The number of benzene rings is 1. The number of aliphatic imine (C=N–C) groups is 1. The van der Waals surface area contributed by atoms with Crippen LogP contribution in [0.25, 0.3) is 0 Å². The lowest BCUT2D eigenvalue weighted by Crippen LogP contribution is -1.80. The Morgan fingerprint density at radius 1 is 1.18 bits per heavy atom. The molecule has 0 bridgehead atoms. The van der Waals surface area contributed by atoms with E-state index in [-0.39, 0.29) is 4.38 Å². The van der Waals surface area contributed by atoms with Crippen molar-refractivity contribution in [3.8, 4) is 0 Å². The number of rotatable bonds is 1. The zero-order valence-corrected chi connectivity index (χ0v) is 8.67. The molecule has 58 valence electrons. The maximum atomic E-state index is 4.65. The molecule has 0 radical (unpaired) electrons. The van der Waals surface area contributed by atoms with Crippen LogP contribution < -0.4 is 0 Å². The Balaban J connectivity index is 2.91. The lowest BCUT2D eigenvalue weighted by molar-refractivity contribution is 1.53. The van der Waals surface area contributed by atoms with Crippen molar-refractivity contribution in [2.24, 2.45) is 4.99 Å². The third-order valence-corrected chi connectivity index (χ3v) is 1.76. The minimum atomic E-state index is 0.243. The van der Waals surface area contributed by atoms with Crippen molar-refractivity contribution in [1.82, 2.24) is 0 Å². The van der Waals surface area contributed by atoms with Crippen LogP contribution in [0.15, 0.2) is 33.7 Å². The summed E-state index contributed by atoms with van der Waals surface area (Å²) in [5.41, 5.74) is 0.799. The zero-order chi connectivity index (χ0) is 8.27. The summed E-state index contributed by atoms with van der Waals surface area (Å²) >= 11 is 12.6. The van der Waals surface area contributed by atoms with Gasteiger partial charge in [0.05, 0.1) is 5.69 Å². The highest BCUT2D eigenvalue weighted by atomic mass is 79.9. The number of nitrogens with zero attached hydrogens (tertiary/aromatic N) is 1. The van der Waals surface area contributed by atoms with Gasteiger partial charge in [-0.2, -0.15) is 0 Å². The van der Waals surface area contributed by atoms with Crippen LogP contribution in [-0.4, -0.2) is 4.38 Å². The van der Waals surface area contributed by atoms with Gasteiger partial charge in [-0.05, 0) is 24.3 Å². The van der Waals surface area contributed by atoms with E-state index in [2.05, 4.69) is 46.2 Å². The normalized spacial score (nSPS) is 9.18. The van der Waals surface area contributed by atoms with Crippen LogP contribution in [0, 0.1) is 0 Å². The van der Waals surface area contributed by atoms with Crippen molar-refractivity contribution in [2.45, 2.75) is 0 Å². The fourth-order valence-electron chi connectivity index (χ4n) is 0.621. The second-order valence-electron chi connectivity index (χ2n) is 1.85.